The second kappa shape index (κ2) is 7.85. The third kappa shape index (κ3) is 3.57. The molecule has 1 unspecified atom stereocenters. The molecule has 1 aliphatic rings. The van der Waals surface area contributed by atoms with Crippen LogP contribution >= 0.6 is 11.3 Å². The van der Waals surface area contributed by atoms with Crippen molar-refractivity contribution in [1.82, 2.24) is 4.90 Å². The van der Waals surface area contributed by atoms with E-state index < -0.39 is 17.7 Å². The highest BCUT2D eigenvalue weighted by Gasteiger charge is 2.43. The molecule has 1 aromatic heterocycles. The summed E-state index contributed by atoms with van der Waals surface area (Å²) in [5.41, 5.74) is 1.02. The molecule has 0 saturated heterocycles. The number of thiophene rings is 1. The molecule has 26 heavy (non-hydrogen) atoms. The summed E-state index contributed by atoms with van der Waals surface area (Å²) in [6.45, 7) is 1.40. The molecule has 2 N–H and O–H groups in total. The predicted molar refractivity (Wildman–Crippen MR) is 101 cm³/mol. The van der Waals surface area contributed by atoms with Crippen molar-refractivity contribution in [3.05, 3.63) is 69.6 Å². The highest BCUT2D eigenvalue weighted by atomic mass is 32.1. The van der Waals surface area contributed by atoms with Crippen molar-refractivity contribution in [2.24, 2.45) is 0 Å². The average molecular weight is 371 g/mol. The minimum Gasteiger partial charge on any atom is -0.503 e. The monoisotopic (exact) mass is 371 g/mol. The number of hydrogen-bond acceptors (Lipinski definition) is 4. The number of Topliss-reactive ketones (excluding diaryl/α,β-unsaturated/α-hetero) is 1. The standard InChI is InChI=1S/C20H22N2O3S/c1-21(2)11-7-12-22-17(14-8-4-3-5-9-14)16(19(24)20(22)25)18(23)15-10-6-13-26-15/h3-6,8-10,13,17,24H,7,11-12H2,1-2H3/p+1. The summed E-state index contributed by atoms with van der Waals surface area (Å²) in [5, 5.41) is 12.3. The van der Waals surface area contributed by atoms with Gasteiger partial charge in [-0.25, -0.2) is 0 Å². The summed E-state index contributed by atoms with van der Waals surface area (Å²) in [6, 6.07) is 12.4. The van der Waals surface area contributed by atoms with Gasteiger partial charge in [0.2, 0.25) is 5.78 Å². The van der Waals surface area contributed by atoms with Crippen LogP contribution in [0.15, 0.2) is 59.2 Å². The summed E-state index contributed by atoms with van der Waals surface area (Å²) in [4.78, 5) is 29.1. The highest BCUT2D eigenvalue weighted by molar-refractivity contribution is 7.12. The van der Waals surface area contributed by atoms with Gasteiger partial charge in [-0.15, -0.1) is 11.3 Å². The molecule has 2 heterocycles. The maximum atomic E-state index is 13.0. The van der Waals surface area contributed by atoms with Crippen molar-refractivity contribution in [3.8, 4) is 0 Å². The third-order valence-electron chi connectivity index (χ3n) is 4.48. The van der Waals surface area contributed by atoms with E-state index in [9.17, 15) is 14.7 Å². The van der Waals surface area contributed by atoms with E-state index in [1.54, 1.807) is 17.0 Å². The Morgan fingerprint density at radius 2 is 1.92 bits per heavy atom. The number of hydrogen-bond donors (Lipinski definition) is 2. The van der Waals surface area contributed by atoms with Crippen LogP contribution in [0.5, 0.6) is 0 Å². The fourth-order valence-electron chi connectivity index (χ4n) is 3.24. The first-order valence-corrected chi connectivity index (χ1v) is 9.55. The van der Waals surface area contributed by atoms with Crippen LogP contribution in [-0.2, 0) is 4.79 Å². The first kappa shape index (κ1) is 18.4. The second-order valence-electron chi connectivity index (χ2n) is 6.69. The van der Waals surface area contributed by atoms with Gasteiger partial charge in [-0.3, -0.25) is 9.59 Å². The Labute approximate surface area is 157 Å². The topological polar surface area (TPSA) is 62.1 Å². The lowest BCUT2D eigenvalue weighted by Gasteiger charge is -2.26. The van der Waals surface area contributed by atoms with Crippen LogP contribution < -0.4 is 4.90 Å². The number of aliphatic hydroxyl groups is 1. The van der Waals surface area contributed by atoms with Crippen LogP contribution in [0.2, 0.25) is 0 Å². The van der Waals surface area contributed by atoms with Gasteiger partial charge < -0.3 is 14.9 Å². The number of carbonyl (C=O) groups is 2. The van der Waals surface area contributed by atoms with Gasteiger partial charge in [0.1, 0.15) is 0 Å². The van der Waals surface area contributed by atoms with E-state index in [1.807, 2.05) is 35.7 Å². The van der Waals surface area contributed by atoms with E-state index in [-0.39, 0.29) is 11.4 Å². The van der Waals surface area contributed by atoms with E-state index in [0.717, 1.165) is 18.5 Å². The van der Waals surface area contributed by atoms with Gasteiger partial charge in [0, 0.05) is 13.0 Å². The number of ketones is 1. The fourth-order valence-corrected chi connectivity index (χ4v) is 3.92. The first-order valence-electron chi connectivity index (χ1n) is 8.67. The predicted octanol–water partition coefficient (Wildman–Crippen LogP) is 1.86. The van der Waals surface area contributed by atoms with E-state index >= 15 is 0 Å². The summed E-state index contributed by atoms with van der Waals surface area (Å²) in [5.74, 6) is -1.16. The molecule has 136 valence electrons. The van der Waals surface area contributed by atoms with Crippen LogP contribution in [0.3, 0.4) is 0 Å². The van der Waals surface area contributed by atoms with Gasteiger partial charge >= 0.3 is 0 Å². The van der Waals surface area contributed by atoms with Gasteiger partial charge in [-0.2, -0.15) is 0 Å². The van der Waals surface area contributed by atoms with Crippen LogP contribution in [0.4, 0.5) is 0 Å². The Balaban J connectivity index is 1.97. The number of benzene rings is 1. The molecule has 1 atom stereocenters. The Bertz CT molecular complexity index is 813. The third-order valence-corrected chi connectivity index (χ3v) is 5.35. The first-order chi connectivity index (χ1) is 12.5. The molecular formula is C20H23N2O3S+. The lowest BCUT2D eigenvalue weighted by Crippen LogP contribution is -3.05. The van der Waals surface area contributed by atoms with Crippen molar-refractivity contribution < 1.29 is 19.6 Å². The molecule has 0 fully saturated rings. The van der Waals surface area contributed by atoms with E-state index in [4.69, 9.17) is 0 Å². The molecule has 0 aliphatic carbocycles. The molecule has 5 nitrogen and oxygen atoms in total. The average Bonchev–Trinajstić information content (AvgIpc) is 3.24. The quantitative estimate of drug-likeness (QED) is 0.731. The van der Waals surface area contributed by atoms with Gasteiger partial charge in [0.05, 0.1) is 37.1 Å². The number of amides is 1. The molecule has 1 amide bonds. The lowest BCUT2D eigenvalue weighted by atomic mass is 9.95. The van der Waals surface area contributed by atoms with Gasteiger partial charge in [-0.1, -0.05) is 36.4 Å². The van der Waals surface area contributed by atoms with Crippen molar-refractivity contribution >= 4 is 23.0 Å². The van der Waals surface area contributed by atoms with Gasteiger partial charge in [0.25, 0.3) is 5.91 Å². The smallest absolute Gasteiger partial charge is 0.290 e. The minimum absolute atomic E-state index is 0.181. The van der Waals surface area contributed by atoms with Crippen molar-refractivity contribution in [2.75, 3.05) is 27.2 Å². The van der Waals surface area contributed by atoms with E-state index in [1.165, 1.54) is 16.2 Å². The molecule has 3 rings (SSSR count). The summed E-state index contributed by atoms with van der Waals surface area (Å²) in [7, 11) is 4.11. The zero-order valence-electron chi connectivity index (χ0n) is 14.9. The maximum absolute atomic E-state index is 13.0. The largest absolute Gasteiger partial charge is 0.503 e. The summed E-state index contributed by atoms with van der Waals surface area (Å²) >= 11 is 1.31. The normalized spacial score (nSPS) is 17.4. The number of rotatable bonds is 7. The Morgan fingerprint density at radius 3 is 2.54 bits per heavy atom. The molecule has 0 spiro atoms. The van der Waals surface area contributed by atoms with Gasteiger partial charge in [0.15, 0.2) is 5.76 Å². The number of nitrogens with one attached hydrogen (secondary N) is 1. The minimum atomic E-state index is -0.546. The Morgan fingerprint density at radius 1 is 1.19 bits per heavy atom. The van der Waals surface area contributed by atoms with E-state index in [2.05, 4.69) is 14.1 Å². The molecule has 0 saturated carbocycles. The SMILES string of the molecule is C[NH+](C)CCCN1C(=O)C(O)=C(C(=O)c2cccs2)C1c1ccccc1. The van der Waals surface area contributed by atoms with E-state index in [0.29, 0.717) is 11.4 Å². The van der Waals surface area contributed by atoms with Crippen LogP contribution in [0.1, 0.15) is 27.7 Å². The summed E-state index contributed by atoms with van der Waals surface area (Å²) in [6.07, 6.45) is 0.797. The number of carbonyl (C=O) groups excluding carboxylic acids is 2. The van der Waals surface area contributed by atoms with Crippen molar-refractivity contribution in [2.45, 2.75) is 12.5 Å². The zero-order valence-corrected chi connectivity index (χ0v) is 15.8. The number of nitrogens with zero attached hydrogens (tertiary/aromatic N) is 1. The molecule has 6 heteroatoms. The maximum Gasteiger partial charge on any atom is 0.290 e. The van der Waals surface area contributed by atoms with Crippen LogP contribution in [-0.4, -0.2) is 48.9 Å². The molecule has 2 aromatic rings. The molecule has 0 radical (unpaired) electrons. The fraction of sp³-hybridized carbons (Fsp3) is 0.300. The lowest BCUT2D eigenvalue weighted by molar-refractivity contribution is -0.858. The van der Waals surface area contributed by atoms with Crippen LogP contribution in [0, 0.1) is 0 Å². The number of quaternary nitrogens is 1. The Hall–Kier alpha value is -2.44. The molecule has 1 aliphatic heterocycles. The highest BCUT2D eigenvalue weighted by Crippen LogP contribution is 2.39. The number of aliphatic hydroxyl groups excluding tert-OH is 1. The molecular weight excluding hydrogens is 348 g/mol. The molecule has 1 aromatic carbocycles. The summed E-state index contributed by atoms with van der Waals surface area (Å²) < 4.78 is 0. The van der Waals surface area contributed by atoms with Crippen molar-refractivity contribution in [1.29, 1.82) is 0 Å². The Kier molecular flexibility index (Phi) is 5.54. The zero-order chi connectivity index (χ0) is 18.7. The molecule has 0 bridgehead atoms. The van der Waals surface area contributed by atoms with Crippen LogP contribution in [0.25, 0.3) is 0 Å². The second-order valence-corrected chi connectivity index (χ2v) is 7.64. The van der Waals surface area contributed by atoms with Gasteiger partial charge in [-0.05, 0) is 17.0 Å². The van der Waals surface area contributed by atoms with Crippen molar-refractivity contribution in [3.63, 3.8) is 0 Å².